The van der Waals surface area contributed by atoms with Gasteiger partial charge in [0.05, 0.1) is 5.92 Å². The molecule has 1 N–H and O–H groups in total. The molecule has 2 nitrogen and oxygen atoms in total. The topological polar surface area (TPSA) is 29.1 Å². The lowest BCUT2D eigenvalue weighted by Gasteiger charge is -2.39. The third-order valence-corrected chi connectivity index (χ3v) is 7.66. The summed E-state index contributed by atoms with van der Waals surface area (Å²) in [7, 11) is 0. The molecule has 30 heavy (non-hydrogen) atoms. The van der Waals surface area contributed by atoms with Crippen LogP contribution in [-0.2, 0) is 4.79 Å². The minimum absolute atomic E-state index is 0.0108. The molecule has 148 valence electrons. The highest BCUT2D eigenvalue weighted by molar-refractivity contribution is 7.19. The second kappa shape index (κ2) is 6.29. The van der Waals surface area contributed by atoms with Gasteiger partial charge >= 0.3 is 0 Å². The van der Waals surface area contributed by atoms with Gasteiger partial charge in [-0.25, -0.2) is 0 Å². The number of benzene rings is 3. The maximum Gasteiger partial charge on any atom is 0.162 e. The highest BCUT2D eigenvalue weighted by atomic mass is 32.1. The van der Waals surface area contributed by atoms with E-state index in [2.05, 4.69) is 85.9 Å². The van der Waals surface area contributed by atoms with Crippen molar-refractivity contribution in [2.45, 2.75) is 32.6 Å². The van der Waals surface area contributed by atoms with E-state index in [-0.39, 0.29) is 17.1 Å². The van der Waals surface area contributed by atoms with Crippen LogP contribution in [0.3, 0.4) is 0 Å². The molecule has 3 aromatic carbocycles. The standard InChI is InChI=1S/C27H23NOS/c1-27(2)14-20-25(21(29)15-27)26(23-13-17-8-4-6-10-22(17)30-23)24-18-9-5-3-7-16(18)11-12-19(24)28-20/h3-13,26,28H,14-15H2,1-2H3. The van der Waals surface area contributed by atoms with Crippen LogP contribution < -0.4 is 5.32 Å². The fourth-order valence-corrected chi connectivity index (χ4v) is 6.42. The number of Topliss-reactive ketones (excluding diaryl/α,β-unsaturated/α-hetero) is 1. The zero-order valence-electron chi connectivity index (χ0n) is 17.2. The number of carbonyl (C=O) groups excluding carboxylic acids is 1. The second-order valence-electron chi connectivity index (χ2n) is 9.33. The third kappa shape index (κ3) is 2.65. The molecule has 0 fully saturated rings. The van der Waals surface area contributed by atoms with Crippen molar-refractivity contribution < 1.29 is 4.79 Å². The second-order valence-corrected chi connectivity index (χ2v) is 10.4. The van der Waals surface area contributed by atoms with Gasteiger partial charge in [-0.3, -0.25) is 4.79 Å². The van der Waals surface area contributed by atoms with Crippen LogP contribution >= 0.6 is 11.3 Å². The van der Waals surface area contributed by atoms with E-state index in [0.29, 0.717) is 6.42 Å². The van der Waals surface area contributed by atoms with Crippen molar-refractivity contribution in [1.29, 1.82) is 0 Å². The van der Waals surface area contributed by atoms with Crippen molar-refractivity contribution in [3.05, 3.63) is 88.4 Å². The Hall–Kier alpha value is -2.91. The van der Waals surface area contributed by atoms with Gasteiger partial charge < -0.3 is 5.32 Å². The molecule has 0 amide bonds. The van der Waals surface area contributed by atoms with Crippen LogP contribution in [0.1, 0.15) is 43.0 Å². The first-order valence-corrected chi connectivity index (χ1v) is 11.4. The Morgan fingerprint density at radius 2 is 1.70 bits per heavy atom. The van der Waals surface area contributed by atoms with Crippen LogP contribution in [0.4, 0.5) is 5.69 Å². The summed E-state index contributed by atoms with van der Waals surface area (Å²) in [5, 5.41) is 7.38. The minimum Gasteiger partial charge on any atom is -0.358 e. The van der Waals surface area contributed by atoms with E-state index >= 15 is 0 Å². The highest BCUT2D eigenvalue weighted by Gasteiger charge is 2.41. The van der Waals surface area contributed by atoms with Crippen molar-refractivity contribution in [3.8, 4) is 0 Å². The Balaban J connectivity index is 1.67. The van der Waals surface area contributed by atoms with E-state index < -0.39 is 0 Å². The van der Waals surface area contributed by atoms with Crippen molar-refractivity contribution in [2.24, 2.45) is 5.41 Å². The molecule has 0 bridgehead atoms. The number of hydrogen-bond acceptors (Lipinski definition) is 3. The molecular weight excluding hydrogens is 386 g/mol. The van der Waals surface area contributed by atoms with E-state index in [1.807, 2.05) is 11.3 Å². The SMILES string of the molecule is CC1(C)CC(=O)C2=C(C1)Nc1ccc3ccccc3c1C2c1cc2ccccc2s1. The van der Waals surface area contributed by atoms with Crippen LogP contribution in [0, 0.1) is 5.41 Å². The summed E-state index contributed by atoms with van der Waals surface area (Å²) in [6.07, 6.45) is 1.51. The average molecular weight is 410 g/mol. The minimum atomic E-state index is -0.0119. The molecule has 0 spiro atoms. The van der Waals surface area contributed by atoms with E-state index in [1.54, 1.807) is 0 Å². The van der Waals surface area contributed by atoms with Gasteiger partial charge in [0.15, 0.2) is 5.78 Å². The van der Waals surface area contributed by atoms with Crippen LogP contribution in [0.25, 0.3) is 20.9 Å². The number of ketones is 1. The van der Waals surface area contributed by atoms with Crippen molar-refractivity contribution in [2.75, 3.05) is 5.32 Å². The Morgan fingerprint density at radius 3 is 2.53 bits per heavy atom. The van der Waals surface area contributed by atoms with Crippen molar-refractivity contribution >= 4 is 43.7 Å². The van der Waals surface area contributed by atoms with Crippen LogP contribution in [-0.4, -0.2) is 5.78 Å². The summed E-state index contributed by atoms with van der Waals surface area (Å²) in [6, 6.07) is 23.7. The molecule has 6 rings (SSSR count). The number of nitrogens with one attached hydrogen (secondary N) is 1. The first-order chi connectivity index (χ1) is 14.5. The monoisotopic (exact) mass is 409 g/mol. The Kier molecular flexibility index (Phi) is 3.76. The Bertz CT molecular complexity index is 1340. The van der Waals surface area contributed by atoms with Crippen molar-refractivity contribution in [3.63, 3.8) is 0 Å². The zero-order valence-corrected chi connectivity index (χ0v) is 18.0. The van der Waals surface area contributed by atoms with Gasteiger partial charge in [0.1, 0.15) is 0 Å². The molecule has 1 aliphatic heterocycles. The lowest BCUT2D eigenvalue weighted by molar-refractivity contribution is -0.118. The number of anilines is 1. The molecule has 1 atom stereocenters. The van der Waals surface area contributed by atoms with Crippen LogP contribution in [0.5, 0.6) is 0 Å². The van der Waals surface area contributed by atoms with Gasteiger partial charge in [-0.15, -0.1) is 11.3 Å². The van der Waals surface area contributed by atoms with E-state index in [4.69, 9.17) is 0 Å². The molecule has 1 aliphatic carbocycles. The summed E-state index contributed by atoms with van der Waals surface area (Å²) in [5.41, 5.74) is 4.46. The van der Waals surface area contributed by atoms with E-state index in [9.17, 15) is 4.79 Å². The molecule has 0 radical (unpaired) electrons. The predicted molar refractivity (Wildman–Crippen MR) is 126 cm³/mol. The van der Waals surface area contributed by atoms with Crippen molar-refractivity contribution in [1.82, 2.24) is 0 Å². The van der Waals surface area contributed by atoms with Crippen LogP contribution in [0.2, 0.25) is 0 Å². The normalized spacial score (nSPS) is 20.2. The van der Waals surface area contributed by atoms with Gasteiger partial charge in [0.25, 0.3) is 0 Å². The fraction of sp³-hybridized carbons (Fsp3) is 0.222. The number of fused-ring (bicyclic) bond motifs is 4. The number of thiophene rings is 1. The molecule has 3 heteroatoms. The summed E-state index contributed by atoms with van der Waals surface area (Å²) in [5.74, 6) is 0.276. The lowest BCUT2D eigenvalue weighted by Crippen LogP contribution is -2.33. The van der Waals surface area contributed by atoms with Gasteiger partial charge in [-0.05, 0) is 51.8 Å². The number of carbonyl (C=O) groups is 1. The van der Waals surface area contributed by atoms with Gasteiger partial charge in [0, 0.05) is 33.0 Å². The van der Waals surface area contributed by atoms with Gasteiger partial charge in [-0.2, -0.15) is 0 Å². The summed E-state index contributed by atoms with van der Waals surface area (Å²) in [6.45, 7) is 4.39. The number of allylic oxidation sites excluding steroid dienone is 2. The van der Waals surface area contributed by atoms with E-state index in [0.717, 1.165) is 23.4 Å². The predicted octanol–water partition coefficient (Wildman–Crippen LogP) is 7.26. The molecular formula is C27H23NOS. The molecule has 1 aromatic heterocycles. The molecule has 2 aliphatic rings. The fourth-order valence-electron chi connectivity index (χ4n) is 5.23. The van der Waals surface area contributed by atoms with Crippen LogP contribution in [0.15, 0.2) is 78.0 Å². The number of rotatable bonds is 1. The summed E-state index contributed by atoms with van der Waals surface area (Å²) >= 11 is 1.82. The van der Waals surface area contributed by atoms with Gasteiger partial charge in [-0.1, -0.05) is 62.4 Å². The van der Waals surface area contributed by atoms with Gasteiger partial charge in [0.2, 0.25) is 0 Å². The maximum absolute atomic E-state index is 13.5. The molecule has 2 heterocycles. The lowest BCUT2D eigenvalue weighted by atomic mass is 9.69. The first-order valence-electron chi connectivity index (χ1n) is 10.5. The number of hydrogen-bond donors (Lipinski definition) is 1. The quantitative estimate of drug-likeness (QED) is 0.358. The molecule has 4 aromatic rings. The molecule has 0 saturated carbocycles. The molecule has 1 unspecified atom stereocenters. The smallest absolute Gasteiger partial charge is 0.162 e. The maximum atomic E-state index is 13.5. The zero-order chi connectivity index (χ0) is 20.5. The first kappa shape index (κ1) is 17.9. The summed E-state index contributed by atoms with van der Waals surface area (Å²) < 4.78 is 1.28. The molecule has 0 saturated heterocycles. The Morgan fingerprint density at radius 1 is 0.933 bits per heavy atom. The van der Waals surface area contributed by atoms with E-state index in [1.165, 1.54) is 31.3 Å². The average Bonchev–Trinajstić information content (AvgIpc) is 3.15. The Labute approximate surface area is 180 Å². The largest absolute Gasteiger partial charge is 0.358 e. The summed E-state index contributed by atoms with van der Waals surface area (Å²) in [4.78, 5) is 14.8. The highest BCUT2D eigenvalue weighted by Crippen LogP contribution is 2.52. The third-order valence-electron chi connectivity index (χ3n) is 6.48.